The molecule has 0 aliphatic rings. The zero-order chi connectivity index (χ0) is 14.6. The molecule has 19 heavy (non-hydrogen) atoms. The smallest absolute Gasteiger partial charge is 0.288 e. The first kappa shape index (κ1) is 14.6. The van der Waals surface area contributed by atoms with E-state index in [1.807, 2.05) is 0 Å². The van der Waals surface area contributed by atoms with E-state index in [1.165, 1.54) is 6.07 Å². The summed E-state index contributed by atoms with van der Waals surface area (Å²) in [5.41, 5.74) is 7.92. The minimum Gasteiger partial charge on any atom is -0.382 e. The first-order valence-corrected chi connectivity index (χ1v) is 5.69. The number of nitrogens with two attached hydrogens (primary N) is 1. The quantitative estimate of drug-likeness (QED) is 0.335. The van der Waals surface area contributed by atoms with Gasteiger partial charge in [0.25, 0.3) is 5.69 Å². The van der Waals surface area contributed by atoms with Crippen LogP contribution in [0, 0.1) is 33.8 Å². The fourth-order valence-electron chi connectivity index (χ4n) is 1.27. The largest absolute Gasteiger partial charge is 0.382 e. The number of benzene rings is 1. The Morgan fingerprint density at radius 3 is 2.79 bits per heavy atom. The molecule has 98 valence electrons. The Morgan fingerprint density at radius 1 is 1.68 bits per heavy atom. The van der Waals surface area contributed by atoms with Crippen molar-refractivity contribution in [3.8, 4) is 6.07 Å². The van der Waals surface area contributed by atoms with Crippen LogP contribution in [0.5, 0.6) is 0 Å². The van der Waals surface area contributed by atoms with Gasteiger partial charge in [0.05, 0.1) is 20.6 Å². The lowest BCUT2D eigenvalue weighted by Crippen LogP contribution is -2.22. The molecule has 0 radical (unpaired) electrons. The van der Waals surface area contributed by atoms with Crippen molar-refractivity contribution in [2.24, 2.45) is 10.8 Å². The van der Waals surface area contributed by atoms with Crippen LogP contribution < -0.4 is 11.2 Å². The summed E-state index contributed by atoms with van der Waals surface area (Å²) in [6, 6.07) is 4.68. The van der Waals surface area contributed by atoms with Crippen LogP contribution in [0.2, 0.25) is 0 Å². The number of nitrogens with zero attached hydrogens (tertiary/aromatic N) is 3. The molecule has 0 heterocycles. The highest BCUT2D eigenvalue weighted by Crippen LogP contribution is 2.33. The number of halogens is 1. The molecule has 1 aromatic rings. The Labute approximate surface area is 116 Å². The number of hydrogen-bond donors (Lipinski definition) is 3. The fourth-order valence-corrected chi connectivity index (χ4v) is 1.85. The molecule has 0 bridgehead atoms. The summed E-state index contributed by atoms with van der Waals surface area (Å²) in [6.07, 6.45) is 0. The Balaban J connectivity index is 3.18. The van der Waals surface area contributed by atoms with E-state index in [2.05, 4.69) is 26.5 Å². The van der Waals surface area contributed by atoms with Gasteiger partial charge in [-0.15, -0.1) is 0 Å². The van der Waals surface area contributed by atoms with Gasteiger partial charge in [-0.05, 0) is 35.0 Å². The number of nitro benzene ring substituents is 1. The van der Waals surface area contributed by atoms with Crippen LogP contribution in [0.15, 0.2) is 21.7 Å². The van der Waals surface area contributed by atoms with Gasteiger partial charge in [0.15, 0.2) is 5.84 Å². The third-order valence-electron chi connectivity index (χ3n) is 2.21. The zero-order valence-corrected chi connectivity index (χ0v) is 11.4. The summed E-state index contributed by atoms with van der Waals surface area (Å²) in [5, 5.41) is 30.3. The van der Waals surface area contributed by atoms with Crippen molar-refractivity contribution in [1.82, 2.24) is 0 Å². The van der Waals surface area contributed by atoms with Crippen LogP contribution in [-0.2, 0) is 0 Å². The maximum atomic E-state index is 10.9. The molecule has 0 atom stereocenters. The highest BCUT2D eigenvalue weighted by molar-refractivity contribution is 9.10. The lowest BCUT2D eigenvalue weighted by Gasteiger charge is -2.07. The Bertz CT molecular complexity index is 619. The molecule has 0 spiro atoms. The zero-order valence-electron chi connectivity index (χ0n) is 9.77. The molecule has 0 aromatic heterocycles. The van der Waals surface area contributed by atoms with Crippen molar-refractivity contribution in [3.05, 3.63) is 32.3 Å². The summed E-state index contributed by atoms with van der Waals surface area (Å²) in [4.78, 5) is 10.4. The molecule has 1 rings (SSSR count). The van der Waals surface area contributed by atoms with Crippen LogP contribution >= 0.6 is 15.9 Å². The number of nitrogens with one attached hydrogen (secondary N) is 2. The highest BCUT2D eigenvalue weighted by Gasteiger charge is 2.18. The molecule has 0 aliphatic carbocycles. The molecule has 0 unspecified atom stereocenters. The van der Waals surface area contributed by atoms with E-state index >= 15 is 0 Å². The van der Waals surface area contributed by atoms with Crippen molar-refractivity contribution in [2.75, 3.05) is 5.43 Å². The standard InChI is InChI=1S/C10H9BrN6O2/c1-5-7(15-16-8(4-12)10(13)14)3-2-6(11)9(5)17(18)19/h2-3,15H,1H3,(H3,13,14)/b16-8+. The van der Waals surface area contributed by atoms with Gasteiger partial charge in [0.2, 0.25) is 5.71 Å². The Morgan fingerprint density at radius 2 is 2.32 bits per heavy atom. The summed E-state index contributed by atoms with van der Waals surface area (Å²) in [6.45, 7) is 1.54. The van der Waals surface area contributed by atoms with E-state index in [1.54, 1.807) is 19.1 Å². The van der Waals surface area contributed by atoms with Crippen molar-refractivity contribution >= 4 is 38.9 Å². The van der Waals surface area contributed by atoms with Gasteiger partial charge in [0.1, 0.15) is 6.07 Å². The number of rotatable bonds is 4. The molecule has 1 aromatic carbocycles. The van der Waals surface area contributed by atoms with Crippen LogP contribution in [0.1, 0.15) is 5.56 Å². The summed E-state index contributed by atoms with van der Waals surface area (Å²) < 4.78 is 0.344. The molecule has 0 saturated heterocycles. The number of nitriles is 1. The number of hydrogen-bond acceptors (Lipinski definition) is 6. The minimum absolute atomic E-state index is 0.0958. The van der Waals surface area contributed by atoms with Gasteiger partial charge >= 0.3 is 0 Å². The van der Waals surface area contributed by atoms with E-state index < -0.39 is 10.8 Å². The number of hydrazone groups is 1. The van der Waals surface area contributed by atoms with Crippen molar-refractivity contribution in [1.29, 1.82) is 10.7 Å². The summed E-state index contributed by atoms with van der Waals surface area (Å²) in [7, 11) is 0. The monoisotopic (exact) mass is 324 g/mol. The average molecular weight is 325 g/mol. The van der Waals surface area contributed by atoms with Crippen LogP contribution in [0.3, 0.4) is 0 Å². The maximum absolute atomic E-state index is 10.9. The van der Waals surface area contributed by atoms with Gasteiger partial charge in [-0.1, -0.05) is 0 Å². The SMILES string of the molecule is Cc1c(N/N=C(\C#N)C(=N)N)ccc(Br)c1[N+](=O)[O-]. The topological polar surface area (TPSA) is 141 Å². The number of amidine groups is 1. The fraction of sp³-hybridized carbons (Fsp3) is 0.100. The normalized spacial score (nSPS) is 10.7. The van der Waals surface area contributed by atoms with Gasteiger partial charge in [-0.2, -0.15) is 10.4 Å². The van der Waals surface area contributed by atoms with Gasteiger partial charge in [-0.25, -0.2) is 0 Å². The molecule has 0 fully saturated rings. The lowest BCUT2D eigenvalue weighted by atomic mass is 10.1. The first-order valence-electron chi connectivity index (χ1n) is 4.90. The second-order valence-corrected chi connectivity index (χ2v) is 4.28. The third kappa shape index (κ3) is 3.26. The average Bonchev–Trinajstić information content (AvgIpc) is 2.31. The van der Waals surface area contributed by atoms with Crippen LogP contribution in [0.4, 0.5) is 11.4 Å². The van der Waals surface area contributed by atoms with Crippen molar-refractivity contribution in [2.45, 2.75) is 6.92 Å². The third-order valence-corrected chi connectivity index (χ3v) is 2.85. The van der Waals surface area contributed by atoms with Gasteiger partial charge in [-0.3, -0.25) is 20.9 Å². The second kappa shape index (κ2) is 5.92. The van der Waals surface area contributed by atoms with Gasteiger partial charge < -0.3 is 5.73 Å². The molecule has 4 N–H and O–H groups in total. The molecular formula is C10H9BrN6O2. The second-order valence-electron chi connectivity index (χ2n) is 3.42. The summed E-state index contributed by atoms with van der Waals surface area (Å²) >= 11 is 3.09. The summed E-state index contributed by atoms with van der Waals surface area (Å²) in [5.74, 6) is -0.487. The van der Waals surface area contributed by atoms with Crippen LogP contribution in [-0.4, -0.2) is 16.5 Å². The molecule has 0 aliphatic heterocycles. The Kier molecular flexibility index (Phi) is 4.55. The number of nitro groups is 1. The lowest BCUT2D eigenvalue weighted by molar-refractivity contribution is -0.386. The predicted octanol–water partition coefficient (Wildman–Crippen LogP) is 1.89. The van der Waals surface area contributed by atoms with Crippen molar-refractivity contribution in [3.63, 3.8) is 0 Å². The Hall–Kier alpha value is -2.47. The molecule has 9 heteroatoms. The van der Waals surface area contributed by atoms with E-state index in [9.17, 15) is 10.1 Å². The van der Waals surface area contributed by atoms with E-state index in [0.29, 0.717) is 15.7 Å². The van der Waals surface area contributed by atoms with E-state index in [4.69, 9.17) is 16.4 Å². The number of anilines is 1. The first-order chi connectivity index (χ1) is 8.88. The van der Waals surface area contributed by atoms with Crippen LogP contribution in [0.25, 0.3) is 0 Å². The minimum atomic E-state index is -0.523. The van der Waals surface area contributed by atoms with E-state index in [-0.39, 0.29) is 11.4 Å². The van der Waals surface area contributed by atoms with E-state index in [0.717, 1.165) is 0 Å². The molecule has 0 saturated carbocycles. The van der Waals surface area contributed by atoms with Gasteiger partial charge in [0, 0.05) is 0 Å². The van der Waals surface area contributed by atoms with Crippen molar-refractivity contribution < 1.29 is 4.92 Å². The maximum Gasteiger partial charge on any atom is 0.288 e. The molecule has 8 nitrogen and oxygen atoms in total. The predicted molar refractivity (Wildman–Crippen MR) is 74.1 cm³/mol. The molecule has 0 amide bonds. The highest BCUT2D eigenvalue weighted by atomic mass is 79.9. The molecular weight excluding hydrogens is 316 g/mol.